The molecule has 1 aromatic carbocycles. The van der Waals surface area contributed by atoms with E-state index in [1.165, 1.54) is 25.7 Å². The van der Waals surface area contributed by atoms with Gasteiger partial charge in [0.15, 0.2) is 0 Å². The van der Waals surface area contributed by atoms with Gasteiger partial charge in [0.1, 0.15) is 5.75 Å². The summed E-state index contributed by atoms with van der Waals surface area (Å²) >= 11 is 0. The van der Waals surface area contributed by atoms with Crippen LogP contribution >= 0.6 is 0 Å². The Labute approximate surface area is 147 Å². The van der Waals surface area contributed by atoms with Crippen LogP contribution in [0.3, 0.4) is 0 Å². The molecule has 3 heteroatoms. The second kappa shape index (κ2) is 8.55. The Balaban J connectivity index is 0.00000100. The van der Waals surface area contributed by atoms with Crippen LogP contribution in [0.15, 0.2) is 24.3 Å². The molecule has 1 unspecified atom stereocenters. The Bertz CT molecular complexity index is 534. The second-order valence-electron chi connectivity index (χ2n) is 7.19. The first-order chi connectivity index (χ1) is 11.6. The molecule has 3 nitrogen and oxygen atoms in total. The van der Waals surface area contributed by atoms with Gasteiger partial charge < -0.3 is 10.1 Å². The van der Waals surface area contributed by atoms with Crippen LogP contribution in [0.2, 0.25) is 0 Å². The maximum absolute atomic E-state index is 12.3. The molecule has 2 aliphatic rings. The minimum absolute atomic E-state index is 0.230. The third kappa shape index (κ3) is 4.31. The summed E-state index contributed by atoms with van der Waals surface area (Å²) in [5.41, 5.74) is 1.60. The summed E-state index contributed by atoms with van der Waals surface area (Å²) in [7, 11) is 1.66. The zero-order chi connectivity index (χ0) is 17.6. The van der Waals surface area contributed by atoms with Crippen molar-refractivity contribution in [3.8, 4) is 5.75 Å². The third-order valence-corrected chi connectivity index (χ3v) is 5.71. The maximum Gasteiger partial charge on any atom is 0.223 e. The Kier molecular flexibility index (Phi) is 6.70. The lowest BCUT2D eigenvalue weighted by Gasteiger charge is -2.45. The fraction of sp³-hybridized carbons (Fsp3) is 0.667. The summed E-state index contributed by atoms with van der Waals surface area (Å²) in [6.45, 7) is 6.89. The quantitative estimate of drug-likeness (QED) is 0.829. The number of hydrogen-bond acceptors (Lipinski definition) is 2. The molecule has 2 saturated carbocycles. The van der Waals surface area contributed by atoms with Gasteiger partial charge in [-0.25, -0.2) is 0 Å². The van der Waals surface area contributed by atoms with E-state index < -0.39 is 0 Å². The maximum atomic E-state index is 12.3. The van der Waals surface area contributed by atoms with Crippen molar-refractivity contribution in [3.05, 3.63) is 29.8 Å². The first kappa shape index (κ1) is 18.8. The number of amides is 1. The van der Waals surface area contributed by atoms with Crippen molar-refractivity contribution in [3.63, 3.8) is 0 Å². The molecule has 0 aliphatic heterocycles. The summed E-state index contributed by atoms with van der Waals surface area (Å²) in [6, 6.07) is 7.88. The first-order valence-electron chi connectivity index (χ1n) is 9.55. The summed E-state index contributed by atoms with van der Waals surface area (Å²) in [5.74, 6) is 2.21. The van der Waals surface area contributed by atoms with Crippen LogP contribution in [0.25, 0.3) is 0 Å². The Hall–Kier alpha value is -1.51. The molecule has 1 amide bonds. The molecule has 0 heterocycles. The molecule has 1 aromatic rings. The highest BCUT2D eigenvalue weighted by Gasteiger charge is 2.50. The van der Waals surface area contributed by atoms with Crippen molar-refractivity contribution in [1.82, 2.24) is 5.32 Å². The normalized spacial score (nSPS) is 27.8. The van der Waals surface area contributed by atoms with E-state index in [2.05, 4.69) is 12.2 Å². The molecule has 1 N–H and O–H groups in total. The molecule has 1 atom stereocenters. The van der Waals surface area contributed by atoms with Crippen molar-refractivity contribution >= 4 is 5.91 Å². The van der Waals surface area contributed by atoms with E-state index >= 15 is 0 Å². The topological polar surface area (TPSA) is 38.3 Å². The van der Waals surface area contributed by atoms with Crippen LogP contribution in [-0.2, 0) is 11.3 Å². The zero-order valence-electron chi connectivity index (χ0n) is 15.7. The van der Waals surface area contributed by atoms with Gasteiger partial charge in [-0.3, -0.25) is 4.79 Å². The van der Waals surface area contributed by atoms with Gasteiger partial charge in [0.05, 0.1) is 7.11 Å². The third-order valence-electron chi connectivity index (χ3n) is 5.71. The molecule has 1 spiro atoms. The van der Waals surface area contributed by atoms with Gasteiger partial charge in [0.25, 0.3) is 0 Å². The molecule has 134 valence electrons. The second-order valence-corrected chi connectivity index (χ2v) is 7.19. The van der Waals surface area contributed by atoms with Crippen LogP contribution < -0.4 is 10.1 Å². The van der Waals surface area contributed by atoms with Gasteiger partial charge in [-0.1, -0.05) is 39.3 Å². The summed E-state index contributed by atoms with van der Waals surface area (Å²) in [6.07, 6.45) is 7.57. The fourth-order valence-electron chi connectivity index (χ4n) is 4.33. The predicted octanol–water partition coefficient (Wildman–Crippen LogP) is 4.94. The van der Waals surface area contributed by atoms with Crippen LogP contribution in [0, 0.1) is 17.3 Å². The molecular weight excluding hydrogens is 298 g/mol. The molecule has 0 bridgehead atoms. The molecule has 0 aromatic heterocycles. The number of ether oxygens (including phenoxy) is 1. The van der Waals surface area contributed by atoms with Crippen molar-refractivity contribution in [2.24, 2.45) is 17.3 Å². The van der Waals surface area contributed by atoms with Gasteiger partial charge in [-0.15, -0.1) is 0 Å². The fourth-order valence-corrected chi connectivity index (χ4v) is 4.33. The van der Waals surface area contributed by atoms with E-state index in [1.807, 2.05) is 38.1 Å². The zero-order valence-corrected chi connectivity index (χ0v) is 15.7. The Morgan fingerprint density at radius 2 is 2.04 bits per heavy atom. The number of carbonyl (C=O) groups is 1. The SMILES string of the molecule is CC.CCC1CCC2(C1)CC(C(=O)NCc1cccc(OC)c1)C2. The van der Waals surface area contributed by atoms with Gasteiger partial charge >= 0.3 is 0 Å². The number of rotatable bonds is 5. The lowest BCUT2D eigenvalue weighted by Crippen LogP contribution is -2.44. The Morgan fingerprint density at radius 1 is 1.29 bits per heavy atom. The van der Waals surface area contributed by atoms with Crippen LogP contribution in [0.1, 0.15) is 64.9 Å². The number of benzene rings is 1. The molecule has 0 saturated heterocycles. The molecule has 24 heavy (non-hydrogen) atoms. The van der Waals surface area contributed by atoms with Crippen molar-refractivity contribution in [2.75, 3.05) is 7.11 Å². The average molecular weight is 332 g/mol. The highest BCUT2D eigenvalue weighted by Crippen LogP contribution is 2.58. The lowest BCUT2D eigenvalue weighted by atomic mass is 9.60. The van der Waals surface area contributed by atoms with Gasteiger partial charge in [0.2, 0.25) is 5.91 Å². The van der Waals surface area contributed by atoms with Crippen LogP contribution in [-0.4, -0.2) is 13.0 Å². The average Bonchev–Trinajstić information content (AvgIpc) is 3.05. The van der Waals surface area contributed by atoms with E-state index in [4.69, 9.17) is 4.74 Å². The highest BCUT2D eigenvalue weighted by molar-refractivity contribution is 5.79. The summed E-state index contributed by atoms with van der Waals surface area (Å²) in [4.78, 5) is 12.3. The summed E-state index contributed by atoms with van der Waals surface area (Å²) in [5, 5.41) is 3.09. The predicted molar refractivity (Wildman–Crippen MR) is 99.0 cm³/mol. The van der Waals surface area contributed by atoms with Crippen molar-refractivity contribution < 1.29 is 9.53 Å². The number of methoxy groups -OCH3 is 1. The van der Waals surface area contributed by atoms with Gasteiger partial charge in [-0.2, -0.15) is 0 Å². The first-order valence-corrected chi connectivity index (χ1v) is 9.55. The van der Waals surface area contributed by atoms with E-state index in [0.29, 0.717) is 12.0 Å². The highest BCUT2D eigenvalue weighted by atomic mass is 16.5. The van der Waals surface area contributed by atoms with E-state index in [0.717, 1.165) is 30.1 Å². The molecule has 3 rings (SSSR count). The van der Waals surface area contributed by atoms with Gasteiger partial charge in [0, 0.05) is 12.5 Å². The molecule has 2 aliphatic carbocycles. The lowest BCUT2D eigenvalue weighted by molar-refractivity contribution is -0.132. The largest absolute Gasteiger partial charge is 0.497 e. The number of carbonyl (C=O) groups excluding carboxylic acids is 1. The van der Waals surface area contributed by atoms with Crippen LogP contribution in [0.5, 0.6) is 5.75 Å². The minimum atomic E-state index is 0.230. The summed E-state index contributed by atoms with van der Waals surface area (Å²) < 4.78 is 5.21. The molecular formula is C21H33NO2. The van der Waals surface area contributed by atoms with Crippen molar-refractivity contribution in [2.45, 2.75) is 65.8 Å². The number of hydrogen-bond donors (Lipinski definition) is 1. The van der Waals surface area contributed by atoms with E-state index in [9.17, 15) is 4.79 Å². The smallest absolute Gasteiger partial charge is 0.223 e. The van der Waals surface area contributed by atoms with E-state index in [-0.39, 0.29) is 11.8 Å². The van der Waals surface area contributed by atoms with E-state index in [1.54, 1.807) is 7.11 Å². The van der Waals surface area contributed by atoms with Gasteiger partial charge in [-0.05, 0) is 61.1 Å². The molecule has 0 radical (unpaired) electrons. The monoisotopic (exact) mass is 331 g/mol. The molecule has 2 fully saturated rings. The van der Waals surface area contributed by atoms with Crippen LogP contribution in [0.4, 0.5) is 0 Å². The Morgan fingerprint density at radius 3 is 2.67 bits per heavy atom. The number of nitrogens with one attached hydrogen (secondary N) is 1. The van der Waals surface area contributed by atoms with Crippen molar-refractivity contribution in [1.29, 1.82) is 0 Å². The standard InChI is InChI=1S/C19H27NO2.C2H6/c1-3-14-7-8-19(10-14)11-16(12-19)18(21)20-13-15-5-4-6-17(9-15)22-2;1-2/h4-6,9,14,16H,3,7-8,10-13H2,1-2H3,(H,20,21);1-2H3. The minimum Gasteiger partial charge on any atom is -0.497 e.